The molecule has 0 amide bonds. The zero-order valence-electron chi connectivity index (χ0n) is 14.1. The van der Waals surface area contributed by atoms with Crippen LogP contribution in [0.4, 0.5) is 13.2 Å². The molecule has 0 aromatic carbocycles. The molecular formula is C17H13F3N2O2S3. The second-order valence-electron chi connectivity index (χ2n) is 6.24. The summed E-state index contributed by atoms with van der Waals surface area (Å²) >= 11 is 15.6. The smallest absolute Gasteiger partial charge is 0.433 e. The molecule has 1 N–H and O–H groups in total. The molecular weight excluding hydrogens is 417 g/mol. The van der Waals surface area contributed by atoms with Gasteiger partial charge in [0.25, 0.3) is 0 Å². The number of rotatable bonds is 2. The Bertz CT molecular complexity index is 1020. The third kappa shape index (κ3) is 3.66. The van der Waals surface area contributed by atoms with E-state index in [1.807, 2.05) is 0 Å². The van der Waals surface area contributed by atoms with E-state index in [9.17, 15) is 18.3 Å². The normalized spacial score (nSPS) is 22.5. The zero-order valence-corrected chi connectivity index (χ0v) is 16.6. The topological polar surface area (TPSA) is 47.3 Å². The van der Waals surface area contributed by atoms with Crippen molar-refractivity contribution in [1.29, 1.82) is 0 Å². The van der Waals surface area contributed by atoms with Gasteiger partial charge in [0, 0.05) is 11.6 Å². The first-order valence-electron chi connectivity index (χ1n) is 7.68. The minimum Gasteiger partial charge on any atom is -0.467 e. The highest BCUT2D eigenvalue weighted by Crippen LogP contribution is 2.33. The third-order valence-electron chi connectivity index (χ3n) is 4.21. The van der Waals surface area contributed by atoms with Crippen molar-refractivity contribution in [2.45, 2.75) is 32.2 Å². The first-order chi connectivity index (χ1) is 12.4. The Morgan fingerprint density at radius 2 is 1.93 bits per heavy atom. The molecule has 27 heavy (non-hydrogen) atoms. The standard InChI is InChI=1S/C17H13F3N2O2S3/c1-8-21-12(17(18,19)20)5-14(26)22(8)6-10-3-9-4-13(25)16(2,23)15(27)11(9)7-24-10/h3-5,7,23H,6H2,1-2H3. The number of aryl methyl sites for hydroxylation is 1. The Morgan fingerprint density at radius 1 is 1.26 bits per heavy atom. The number of hydrogen-bond acceptors (Lipinski definition) is 6. The van der Waals surface area contributed by atoms with Crippen molar-refractivity contribution in [2.24, 2.45) is 0 Å². The monoisotopic (exact) mass is 430 g/mol. The minimum atomic E-state index is -4.56. The summed E-state index contributed by atoms with van der Waals surface area (Å²) < 4.78 is 45.5. The Morgan fingerprint density at radius 3 is 2.52 bits per heavy atom. The van der Waals surface area contributed by atoms with Crippen molar-refractivity contribution in [3.63, 3.8) is 0 Å². The molecule has 0 spiro atoms. The minimum absolute atomic E-state index is 0.0132. The van der Waals surface area contributed by atoms with Gasteiger partial charge >= 0.3 is 6.18 Å². The summed E-state index contributed by atoms with van der Waals surface area (Å²) in [5, 5.41) is 10.4. The van der Waals surface area contributed by atoms with Gasteiger partial charge in [0.05, 0.1) is 22.5 Å². The molecule has 4 nitrogen and oxygen atoms in total. The van der Waals surface area contributed by atoms with Gasteiger partial charge in [0.15, 0.2) is 0 Å². The molecule has 1 atom stereocenters. The van der Waals surface area contributed by atoms with E-state index in [2.05, 4.69) is 4.98 Å². The molecule has 0 radical (unpaired) electrons. The fraction of sp³-hybridized carbons (Fsp3) is 0.294. The highest BCUT2D eigenvalue weighted by molar-refractivity contribution is 7.83. The van der Waals surface area contributed by atoms with E-state index in [4.69, 9.17) is 41.4 Å². The second-order valence-corrected chi connectivity index (χ2v) is 7.50. The van der Waals surface area contributed by atoms with Crippen LogP contribution in [0, 0.1) is 11.6 Å². The summed E-state index contributed by atoms with van der Waals surface area (Å²) in [4.78, 5) is 4.11. The maximum atomic E-state index is 12.8. The van der Waals surface area contributed by atoms with Crippen LogP contribution in [0.25, 0.3) is 0 Å². The van der Waals surface area contributed by atoms with Crippen molar-refractivity contribution in [3.8, 4) is 0 Å². The lowest BCUT2D eigenvalue weighted by Crippen LogP contribution is -2.45. The molecule has 0 fully saturated rings. The fourth-order valence-electron chi connectivity index (χ4n) is 2.65. The fourth-order valence-corrected chi connectivity index (χ4v) is 3.52. The van der Waals surface area contributed by atoms with Crippen LogP contribution in [0.15, 0.2) is 41.4 Å². The zero-order chi connectivity index (χ0) is 20.1. The van der Waals surface area contributed by atoms with E-state index in [-0.39, 0.29) is 26.7 Å². The molecule has 1 aromatic rings. The Kier molecular flexibility index (Phi) is 4.96. The first kappa shape index (κ1) is 20.0. The molecule has 0 bridgehead atoms. The molecule has 10 heteroatoms. The van der Waals surface area contributed by atoms with Crippen molar-refractivity contribution >= 4 is 46.4 Å². The second kappa shape index (κ2) is 6.69. The van der Waals surface area contributed by atoms with Gasteiger partial charge in [-0.25, -0.2) is 4.98 Å². The number of nitrogens with zero attached hydrogens (tertiary/aromatic N) is 2. The van der Waals surface area contributed by atoms with Gasteiger partial charge in [0.1, 0.15) is 27.5 Å². The van der Waals surface area contributed by atoms with Crippen molar-refractivity contribution in [2.75, 3.05) is 0 Å². The first-order valence-corrected chi connectivity index (χ1v) is 8.90. The summed E-state index contributed by atoms with van der Waals surface area (Å²) in [6.45, 7) is 3.05. The summed E-state index contributed by atoms with van der Waals surface area (Å²) in [6, 6.07) is 0.814. The average Bonchev–Trinajstić information content (AvgIpc) is 2.55. The predicted octanol–water partition coefficient (Wildman–Crippen LogP) is 4.17. The van der Waals surface area contributed by atoms with Crippen molar-refractivity contribution < 1.29 is 23.0 Å². The maximum absolute atomic E-state index is 12.8. The number of thiocarbonyl (C=S) groups is 2. The molecule has 0 saturated carbocycles. The molecule has 0 saturated heterocycles. The van der Waals surface area contributed by atoms with E-state index < -0.39 is 17.5 Å². The summed E-state index contributed by atoms with van der Waals surface area (Å²) in [5.74, 6) is 0.540. The third-order valence-corrected chi connectivity index (χ3v) is 5.68. The van der Waals surface area contributed by atoms with Crippen LogP contribution < -0.4 is 0 Å². The SMILES string of the molecule is Cc1nc(C(F)(F)F)cc(=S)n1CC1=CC2=CC(=S)C(C)(O)C(=S)C2=CO1. The summed E-state index contributed by atoms with van der Waals surface area (Å²) in [6.07, 6.45) is 0.125. The van der Waals surface area contributed by atoms with Crippen LogP contribution in [0.1, 0.15) is 18.4 Å². The predicted molar refractivity (Wildman–Crippen MR) is 104 cm³/mol. The van der Waals surface area contributed by atoms with Gasteiger partial charge < -0.3 is 14.4 Å². The molecule has 142 valence electrons. The van der Waals surface area contributed by atoms with Crippen LogP contribution in [-0.2, 0) is 17.5 Å². The highest BCUT2D eigenvalue weighted by atomic mass is 32.1. The number of alkyl halides is 3. The van der Waals surface area contributed by atoms with Crippen LogP contribution in [-0.4, -0.2) is 30.0 Å². The van der Waals surface area contributed by atoms with Gasteiger partial charge in [-0.3, -0.25) is 0 Å². The van der Waals surface area contributed by atoms with Gasteiger partial charge in [-0.2, -0.15) is 13.2 Å². The number of aliphatic hydroxyl groups is 1. The highest BCUT2D eigenvalue weighted by Gasteiger charge is 2.38. The number of allylic oxidation sites excluding steroid dienone is 3. The van der Waals surface area contributed by atoms with Gasteiger partial charge in [-0.1, -0.05) is 36.7 Å². The average molecular weight is 430 g/mol. The number of aromatic nitrogens is 2. The molecule has 1 aliphatic heterocycles. The number of hydrogen-bond donors (Lipinski definition) is 1. The van der Waals surface area contributed by atoms with E-state index in [1.165, 1.54) is 24.7 Å². The lowest BCUT2D eigenvalue weighted by atomic mass is 9.82. The van der Waals surface area contributed by atoms with E-state index >= 15 is 0 Å². The van der Waals surface area contributed by atoms with Gasteiger partial charge in [-0.05, 0) is 31.6 Å². The Hall–Kier alpha value is -1.75. The van der Waals surface area contributed by atoms with Crippen LogP contribution in [0.5, 0.6) is 0 Å². The Labute approximate surface area is 168 Å². The summed E-state index contributed by atoms with van der Waals surface area (Å²) in [7, 11) is 0. The number of fused-ring (bicyclic) bond motifs is 1. The number of ether oxygens (including phenoxy) is 1. The van der Waals surface area contributed by atoms with Crippen LogP contribution in [0.3, 0.4) is 0 Å². The molecule has 1 aromatic heterocycles. The largest absolute Gasteiger partial charge is 0.467 e. The van der Waals surface area contributed by atoms with E-state index in [0.29, 0.717) is 16.9 Å². The lowest BCUT2D eigenvalue weighted by molar-refractivity contribution is -0.141. The van der Waals surface area contributed by atoms with E-state index in [1.54, 1.807) is 12.2 Å². The molecule has 3 rings (SSSR count). The molecule has 2 heterocycles. The molecule has 1 unspecified atom stereocenters. The summed E-state index contributed by atoms with van der Waals surface area (Å²) in [5.41, 5.74) is -1.24. The molecule has 2 aliphatic rings. The van der Waals surface area contributed by atoms with Crippen molar-refractivity contribution in [1.82, 2.24) is 9.55 Å². The maximum Gasteiger partial charge on any atom is 0.433 e. The van der Waals surface area contributed by atoms with E-state index in [0.717, 1.165) is 6.07 Å². The van der Waals surface area contributed by atoms with Crippen molar-refractivity contribution in [3.05, 3.63) is 57.5 Å². The quantitative estimate of drug-likeness (QED) is 0.711. The van der Waals surface area contributed by atoms with Gasteiger partial charge in [-0.15, -0.1) is 0 Å². The van der Waals surface area contributed by atoms with Crippen LogP contribution in [0.2, 0.25) is 0 Å². The van der Waals surface area contributed by atoms with Crippen LogP contribution >= 0.6 is 36.7 Å². The van der Waals surface area contributed by atoms with Gasteiger partial charge in [0.2, 0.25) is 0 Å². The Balaban J connectivity index is 1.94. The molecule has 1 aliphatic carbocycles. The number of halogens is 3. The lowest BCUT2D eigenvalue weighted by Gasteiger charge is -2.32.